The van der Waals surface area contributed by atoms with E-state index in [9.17, 15) is 0 Å². The molecule has 0 N–H and O–H groups in total. The smallest absolute Gasteiger partial charge is 0.0594 e. The molecule has 27 heavy (non-hydrogen) atoms. The lowest BCUT2D eigenvalue weighted by molar-refractivity contribution is 0.0694. The van der Waals surface area contributed by atoms with E-state index in [4.69, 9.17) is 4.74 Å². The average Bonchev–Trinajstić information content (AvgIpc) is 2.67. The zero-order valence-corrected chi connectivity index (χ0v) is 19.8. The largest absolute Gasteiger partial charge is 0.379 e. The average molecular weight is 387 g/mol. The highest BCUT2D eigenvalue weighted by Crippen LogP contribution is 2.03. The van der Waals surface area contributed by atoms with Crippen LogP contribution in [-0.2, 0) is 4.74 Å². The Bertz CT molecular complexity index is 291. The Morgan fingerprint density at radius 2 is 0.889 bits per heavy atom. The molecule has 0 saturated carbocycles. The summed E-state index contributed by atoms with van der Waals surface area (Å²) in [5.74, 6) is 0. The van der Waals surface area contributed by atoms with Crippen LogP contribution in [0.15, 0.2) is 0 Å². The van der Waals surface area contributed by atoms with Gasteiger partial charge in [0.05, 0.1) is 13.2 Å². The molecule has 5 nitrogen and oxygen atoms in total. The lowest BCUT2D eigenvalue weighted by Crippen LogP contribution is -2.44. The summed E-state index contributed by atoms with van der Waals surface area (Å²) >= 11 is 0. The van der Waals surface area contributed by atoms with Crippen molar-refractivity contribution < 1.29 is 4.74 Å². The van der Waals surface area contributed by atoms with Gasteiger partial charge in [0, 0.05) is 38.3 Å². The highest BCUT2D eigenvalue weighted by Gasteiger charge is 2.15. The molecule has 0 aliphatic carbocycles. The Hall–Kier alpha value is -0.200. The van der Waals surface area contributed by atoms with Gasteiger partial charge in [0.25, 0.3) is 0 Å². The lowest BCUT2D eigenvalue weighted by atomic mass is 10.2. The molecule has 0 aromatic rings. The summed E-state index contributed by atoms with van der Waals surface area (Å²) in [5, 5.41) is 0. The minimum atomic E-state index is 0.608. The van der Waals surface area contributed by atoms with Crippen LogP contribution in [0.4, 0.5) is 0 Å². The van der Waals surface area contributed by atoms with E-state index in [1.807, 2.05) is 0 Å². The van der Waals surface area contributed by atoms with Gasteiger partial charge in [-0.3, -0.25) is 19.6 Å². The molecule has 164 valence electrons. The van der Waals surface area contributed by atoms with Gasteiger partial charge in [-0.05, 0) is 53.1 Å². The van der Waals surface area contributed by atoms with E-state index in [0.29, 0.717) is 12.1 Å². The van der Waals surface area contributed by atoms with Crippen molar-refractivity contribution in [3.05, 3.63) is 0 Å². The molecule has 0 aliphatic rings. The van der Waals surface area contributed by atoms with E-state index in [1.54, 1.807) is 0 Å². The summed E-state index contributed by atoms with van der Waals surface area (Å²) in [6, 6.07) is 1.22. The van der Waals surface area contributed by atoms with Crippen LogP contribution in [0.3, 0.4) is 0 Å². The maximum absolute atomic E-state index is 5.98. The predicted molar refractivity (Wildman–Crippen MR) is 120 cm³/mol. The summed E-state index contributed by atoms with van der Waals surface area (Å²) in [4.78, 5) is 10.1. The van der Waals surface area contributed by atoms with Crippen LogP contribution in [0.2, 0.25) is 0 Å². The Labute approximate surface area is 171 Å². The molecule has 0 fully saturated rings. The van der Waals surface area contributed by atoms with Crippen molar-refractivity contribution in [3.8, 4) is 0 Å². The molecule has 0 radical (unpaired) electrons. The minimum absolute atomic E-state index is 0.608. The molecule has 0 spiro atoms. The van der Waals surface area contributed by atoms with Crippen molar-refractivity contribution in [1.29, 1.82) is 0 Å². The summed E-state index contributed by atoms with van der Waals surface area (Å²) in [6.45, 7) is 30.9. The van der Waals surface area contributed by atoms with Gasteiger partial charge in [0.2, 0.25) is 0 Å². The first-order chi connectivity index (χ1) is 13.0. The van der Waals surface area contributed by atoms with Crippen molar-refractivity contribution in [2.24, 2.45) is 0 Å². The van der Waals surface area contributed by atoms with E-state index >= 15 is 0 Å². The van der Waals surface area contributed by atoms with Gasteiger partial charge in [-0.2, -0.15) is 0 Å². The van der Waals surface area contributed by atoms with Crippen LogP contribution in [0.25, 0.3) is 0 Å². The quantitative estimate of drug-likeness (QED) is 0.337. The molecule has 0 aliphatic heterocycles. The molecular weight excluding hydrogens is 336 g/mol. The number of ether oxygens (including phenoxy) is 1. The van der Waals surface area contributed by atoms with Crippen molar-refractivity contribution in [3.63, 3.8) is 0 Å². The van der Waals surface area contributed by atoms with E-state index in [2.05, 4.69) is 75.0 Å². The van der Waals surface area contributed by atoms with Crippen LogP contribution >= 0.6 is 0 Å². The molecule has 0 amide bonds. The van der Waals surface area contributed by atoms with Gasteiger partial charge < -0.3 is 4.74 Å². The number of hydrogen-bond donors (Lipinski definition) is 0. The van der Waals surface area contributed by atoms with Crippen LogP contribution in [0, 0.1) is 0 Å². The first kappa shape index (κ1) is 26.8. The van der Waals surface area contributed by atoms with Crippen LogP contribution < -0.4 is 0 Å². The molecule has 2 atom stereocenters. The number of rotatable bonds is 18. The summed E-state index contributed by atoms with van der Waals surface area (Å²) < 4.78 is 5.98. The molecule has 5 heteroatoms. The molecule has 0 rings (SSSR count). The van der Waals surface area contributed by atoms with Gasteiger partial charge in [-0.1, -0.05) is 41.5 Å². The first-order valence-corrected chi connectivity index (χ1v) is 11.5. The topological polar surface area (TPSA) is 22.2 Å². The van der Waals surface area contributed by atoms with E-state index < -0.39 is 0 Å². The fourth-order valence-electron chi connectivity index (χ4n) is 3.92. The Morgan fingerprint density at radius 3 is 1.15 bits per heavy atom. The highest BCUT2D eigenvalue weighted by atomic mass is 16.5. The van der Waals surface area contributed by atoms with Crippen molar-refractivity contribution >= 4 is 0 Å². The van der Waals surface area contributed by atoms with Crippen LogP contribution in [0.5, 0.6) is 0 Å². The predicted octanol–water partition coefficient (Wildman–Crippen LogP) is 3.11. The maximum atomic E-state index is 5.98. The minimum Gasteiger partial charge on any atom is -0.379 e. The number of nitrogens with zero attached hydrogens (tertiary/aromatic N) is 4. The molecule has 0 aromatic carbocycles. The third-order valence-corrected chi connectivity index (χ3v) is 5.91. The van der Waals surface area contributed by atoms with Crippen LogP contribution in [0.1, 0.15) is 55.4 Å². The zero-order valence-electron chi connectivity index (χ0n) is 19.8. The fraction of sp³-hybridized carbons (Fsp3) is 1.00. The highest BCUT2D eigenvalue weighted by molar-refractivity contribution is 4.71. The molecule has 2 unspecified atom stereocenters. The second-order valence-corrected chi connectivity index (χ2v) is 7.54. The molecule has 0 saturated heterocycles. The fourth-order valence-corrected chi connectivity index (χ4v) is 3.92. The first-order valence-electron chi connectivity index (χ1n) is 11.5. The molecular formula is C22H50N4O. The molecule has 0 bridgehead atoms. The van der Waals surface area contributed by atoms with Gasteiger partial charge in [-0.25, -0.2) is 0 Å². The second-order valence-electron chi connectivity index (χ2n) is 7.54. The van der Waals surface area contributed by atoms with Crippen LogP contribution in [-0.4, -0.2) is 110 Å². The van der Waals surface area contributed by atoms with Crippen molar-refractivity contribution in [1.82, 2.24) is 19.6 Å². The maximum Gasteiger partial charge on any atom is 0.0594 e. The SMILES string of the molecule is CCN(CCOCCN(CC)CC(C)N(CC)CC)CC(C)N(CC)CC. The molecule has 0 aromatic heterocycles. The number of likely N-dealkylation sites (N-methyl/N-ethyl adjacent to an activating group) is 4. The van der Waals surface area contributed by atoms with Crippen molar-refractivity contribution in [2.45, 2.75) is 67.5 Å². The summed E-state index contributed by atoms with van der Waals surface area (Å²) in [6.07, 6.45) is 0. The standard InChI is InChI=1S/C22H50N4O/c1-9-23(19-21(7)25(11-3)12-4)15-17-27-18-16-24(10-2)20-22(8)26(13-5)14-6/h21-22H,9-20H2,1-8H3. The Morgan fingerprint density at radius 1 is 0.556 bits per heavy atom. The van der Waals surface area contributed by atoms with E-state index in [1.165, 1.54) is 0 Å². The van der Waals surface area contributed by atoms with Gasteiger partial charge in [0.1, 0.15) is 0 Å². The third kappa shape index (κ3) is 11.4. The zero-order chi connectivity index (χ0) is 20.7. The normalized spacial score (nSPS) is 14.7. The van der Waals surface area contributed by atoms with E-state index in [0.717, 1.165) is 78.7 Å². The van der Waals surface area contributed by atoms with Gasteiger partial charge in [0.15, 0.2) is 0 Å². The Kier molecular flexibility index (Phi) is 16.6. The Balaban J connectivity index is 4.09. The third-order valence-electron chi connectivity index (χ3n) is 5.91. The summed E-state index contributed by atoms with van der Waals surface area (Å²) in [7, 11) is 0. The van der Waals surface area contributed by atoms with Crippen molar-refractivity contribution in [2.75, 3.05) is 78.7 Å². The monoisotopic (exact) mass is 386 g/mol. The second kappa shape index (κ2) is 16.7. The number of hydrogen-bond acceptors (Lipinski definition) is 5. The summed E-state index contributed by atoms with van der Waals surface area (Å²) in [5.41, 5.74) is 0. The lowest BCUT2D eigenvalue weighted by Gasteiger charge is -2.32. The molecule has 0 heterocycles. The van der Waals surface area contributed by atoms with Gasteiger partial charge >= 0.3 is 0 Å². The van der Waals surface area contributed by atoms with E-state index in [-0.39, 0.29) is 0 Å². The van der Waals surface area contributed by atoms with Gasteiger partial charge in [-0.15, -0.1) is 0 Å².